The molecule has 0 bridgehead atoms. The van der Waals surface area contributed by atoms with Crippen LogP contribution in [0.2, 0.25) is 0 Å². The summed E-state index contributed by atoms with van der Waals surface area (Å²) in [4.78, 5) is 9.73. The lowest BCUT2D eigenvalue weighted by atomic mass is 10.3. The number of aromatic amines is 1. The van der Waals surface area contributed by atoms with Gasteiger partial charge in [0.15, 0.2) is 0 Å². The summed E-state index contributed by atoms with van der Waals surface area (Å²) >= 11 is 0. The number of aromatic nitrogens is 2. The Morgan fingerprint density at radius 1 is 1.33 bits per heavy atom. The van der Waals surface area contributed by atoms with E-state index < -0.39 is 0 Å². The van der Waals surface area contributed by atoms with Crippen LogP contribution in [0.25, 0.3) is 11.0 Å². The summed E-state index contributed by atoms with van der Waals surface area (Å²) in [7, 11) is 4.12. The molecule has 0 aliphatic carbocycles. The normalized spacial score (nSPS) is 11.1. The molecule has 2 rings (SSSR count). The molecule has 0 aromatic carbocycles. The smallest absolute Gasteiger partial charge is 0.126 e. The van der Waals surface area contributed by atoms with Gasteiger partial charge in [-0.25, -0.2) is 4.98 Å². The van der Waals surface area contributed by atoms with E-state index in [2.05, 4.69) is 34.3 Å². The minimum absolute atomic E-state index is 0.913. The quantitative estimate of drug-likeness (QED) is 0.794. The van der Waals surface area contributed by atoms with Gasteiger partial charge in [-0.3, -0.25) is 0 Å². The van der Waals surface area contributed by atoms with E-state index in [0.29, 0.717) is 0 Å². The number of H-pyrrole nitrogens is 1. The first-order valence-corrected chi connectivity index (χ1v) is 5.08. The Morgan fingerprint density at radius 3 is 3.00 bits per heavy atom. The number of likely N-dealkylation sites (N-methyl/N-ethyl adjacent to an activating group) is 1. The molecule has 2 aromatic heterocycles. The molecule has 0 saturated heterocycles. The Hall–Kier alpha value is -1.55. The van der Waals surface area contributed by atoms with Crippen LogP contribution in [0.4, 0.5) is 5.82 Å². The van der Waals surface area contributed by atoms with Crippen molar-refractivity contribution in [2.24, 2.45) is 0 Å². The lowest BCUT2D eigenvalue weighted by Crippen LogP contribution is -2.21. The van der Waals surface area contributed by atoms with Crippen LogP contribution in [0.3, 0.4) is 0 Å². The molecule has 4 nitrogen and oxygen atoms in total. The highest BCUT2D eigenvalue weighted by Crippen LogP contribution is 2.12. The van der Waals surface area contributed by atoms with E-state index in [9.17, 15) is 0 Å². The predicted molar refractivity (Wildman–Crippen MR) is 63.1 cm³/mol. The fraction of sp³-hybridized carbons (Fsp3) is 0.364. The average Bonchev–Trinajstić information content (AvgIpc) is 2.64. The van der Waals surface area contributed by atoms with Gasteiger partial charge < -0.3 is 15.2 Å². The summed E-state index contributed by atoms with van der Waals surface area (Å²) in [5.41, 5.74) is 2.08. The Morgan fingerprint density at radius 2 is 2.20 bits per heavy atom. The van der Waals surface area contributed by atoms with Gasteiger partial charge in [0, 0.05) is 19.3 Å². The van der Waals surface area contributed by atoms with Crippen LogP contribution in [-0.2, 0) is 0 Å². The third kappa shape index (κ3) is 2.47. The van der Waals surface area contributed by atoms with Crippen molar-refractivity contribution >= 4 is 16.9 Å². The Kier molecular flexibility index (Phi) is 2.87. The van der Waals surface area contributed by atoms with Gasteiger partial charge in [-0.05, 0) is 32.3 Å². The molecule has 2 aromatic rings. The zero-order valence-electron chi connectivity index (χ0n) is 9.12. The minimum atomic E-state index is 0.913. The number of pyridine rings is 1. The summed E-state index contributed by atoms with van der Waals surface area (Å²) in [5.74, 6) is 0.934. The first kappa shape index (κ1) is 9.98. The lowest BCUT2D eigenvalue weighted by Gasteiger charge is -2.10. The van der Waals surface area contributed by atoms with Crippen molar-refractivity contribution in [3.63, 3.8) is 0 Å². The number of nitrogens with one attached hydrogen (secondary N) is 2. The van der Waals surface area contributed by atoms with Gasteiger partial charge in [-0.15, -0.1) is 0 Å². The van der Waals surface area contributed by atoms with Crippen molar-refractivity contribution in [1.29, 1.82) is 0 Å². The topological polar surface area (TPSA) is 44.0 Å². The van der Waals surface area contributed by atoms with Gasteiger partial charge in [0.05, 0.1) is 11.0 Å². The number of anilines is 1. The maximum atomic E-state index is 4.47. The lowest BCUT2D eigenvalue weighted by molar-refractivity contribution is 0.425. The van der Waals surface area contributed by atoms with Crippen LogP contribution in [0.1, 0.15) is 0 Å². The molecule has 80 valence electrons. The van der Waals surface area contributed by atoms with Crippen LogP contribution >= 0.6 is 0 Å². The maximum Gasteiger partial charge on any atom is 0.126 e. The second-order valence-corrected chi connectivity index (χ2v) is 3.84. The SMILES string of the molecule is CN(C)CCNc1ccc2[nH]ccc2n1. The molecule has 0 saturated carbocycles. The Bertz CT molecular complexity index is 433. The van der Waals surface area contributed by atoms with Gasteiger partial charge in [0.25, 0.3) is 0 Å². The highest BCUT2D eigenvalue weighted by atomic mass is 15.1. The van der Waals surface area contributed by atoms with Gasteiger partial charge >= 0.3 is 0 Å². The van der Waals surface area contributed by atoms with E-state index in [-0.39, 0.29) is 0 Å². The average molecular weight is 204 g/mol. The van der Waals surface area contributed by atoms with Gasteiger partial charge in [-0.1, -0.05) is 0 Å². The van der Waals surface area contributed by atoms with Gasteiger partial charge in [0.1, 0.15) is 5.82 Å². The number of hydrogen-bond donors (Lipinski definition) is 2. The maximum absolute atomic E-state index is 4.47. The van der Waals surface area contributed by atoms with Gasteiger partial charge in [0.2, 0.25) is 0 Å². The van der Waals surface area contributed by atoms with Crippen LogP contribution in [0.5, 0.6) is 0 Å². The number of fused-ring (bicyclic) bond motifs is 1. The first-order chi connectivity index (χ1) is 7.25. The van der Waals surface area contributed by atoms with Crippen molar-refractivity contribution in [3.8, 4) is 0 Å². The van der Waals surface area contributed by atoms with Crippen molar-refractivity contribution < 1.29 is 0 Å². The van der Waals surface area contributed by atoms with Crippen LogP contribution in [-0.4, -0.2) is 42.1 Å². The standard InChI is InChI=1S/C11H16N4/c1-15(2)8-7-13-11-4-3-9-10(14-11)5-6-12-9/h3-6,12H,7-8H2,1-2H3,(H,13,14). The fourth-order valence-corrected chi connectivity index (χ4v) is 1.44. The van der Waals surface area contributed by atoms with E-state index in [1.807, 2.05) is 24.4 Å². The molecule has 0 amide bonds. The summed E-state index contributed by atoms with van der Waals surface area (Å²) in [5, 5.41) is 3.29. The number of nitrogens with zero attached hydrogens (tertiary/aromatic N) is 2. The Labute approximate surface area is 89.3 Å². The molecule has 0 radical (unpaired) electrons. The molecule has 0 atom stereocenters. The summed E-state index contributed by atoms with van der Waals surface area (Å²) < 4.78 is 0. The summed E-state index contributed by atoms with van der Waals surface area (Å²) in [6.45, 7) is 1.92. The van der Waals surface area contributed by atoms with Crippen molar-refractivity contribution in [2.45, 2.75) is 0 Å². The zero-order chi connectivity index (χ0) is 10.7. The Balaban J connectivity index is 2.02. The second-order valence-electron chi connectivity index (χ2n) is 3.84. The molecule has 0 aliphatic heterocycles. The number of rotatable bonds is 4. The van der Waals surface area contributed by atoms with Crippen molar-refractivity contribution in [1.82, 2.24) is 14.9 Å². The van der Waals surface area contributed by atoms with E-state index in [0.717, 1.165) is 29.9 Å². The molecule has 2 N–H and O–H groups in total. The van der Waals surface area contributed by atoms with Crippen LogP contribution < -0.4 is 5.32 Å². The molecule has 0 fully saturated rings. The first-order valence-electron chi connectivity index (χ1n) is 5.08. The molecule has 0 aliphatic rings. The molecule has 0 unspecified atom stereocenters. The largest absolute Gasteiger partial charge is 0.369 e. The third-order valence-corrected chi connectivity index (χ3v) is 2.27. The predicted octanol–water partition coefficient (Wildman–Crippen LogP) is 1.54. The van der Waals surface area contributed by atoms with Crippen LogP contribution in [0, 0.1) is 0 Å². The van der Waals surface area contributed by atoms with E-state index >= 15 is 0 Å². The van der Waals surface area contributed by atoms with E-state index in [1.165, 1.54) is 0 Å². The van der Waals surface area contributed by atoms with E-state index in [4.69, 9.17) is 0 Å². The van der Waals surface area contributed by atoms with Crippen LogP contribution in [0.15, 0.2) is 24.4 Å². The molecule has 15 heavy (non-hydrogen) atoms. The van der Waals surface area contributed by atoms with Gasteiger partial charge in [-0.2, -0.15) is 0 Å². The highest BCUT2D eigenvalue weighted by Gasteiger charge is 1.98. The molecule has 2 heterocycles. The second kappa shape index (κ2) is 4.31. The minimum Gasteiger partial charge on any atom is -0.369 e. The molecular formula is C11H16N4. The molecule has 0 spiro atoms. The molecule has 4 heteroatoms. The zero-order valence-corrected chi connectivity index (χ0v) is 9.12. The van der Waals surface area contributed by atoms with Crippen molar-refractivity contribution in [2.75, 3.05) is 32.5 Å². The summed E-state index contributed by atoms with van der Waals surface area (Å²) in [6, 6.07) is 6.02. The number of hydrogen-bond acceptors (Lipinski definition) is 3. The summed E-state index contributed by atoms with van der Waals surface area (Å²) in [6.07, 6.45) is 1.90. The monoisotopic (exact) mass is 204 g/mol. The third-order valence-electron chi connectivity index (χ3n) is 2.27. The van der Waals surface area contributed by atoms with Crippen molar-refractivity contribution in [3.05, 3.63) is 24.4 Å². The molecular weight excluding hydrogens is 188 g/mol. The van der Waals surface area contributed by atoms with E-state index in [1.54, 1.807) is 0 Å². The fourth-order valence-electron chi connectivity index (χ4n) is 1.44. The highest BCUT2D eigenvalue weighted by molar-refractivity contribution is 5.76.